The summed E-state index contributed by atoms with van der Waals surface area (Å²) >= 11 is 0.222. The quantitative estimate of drug-likeness (QED) is 0.836. The van der Waals surface area contributed by atoms with E-state index in [0.29, 0.717) is 6.42 Å². The van der Waals surface area contributed by atoms with Gasteiger partial charge in [-0.3, -0.25) is 4.79 Å². The van der Waals surface area contributed by atoms with E-state index in [1.165, 1.54) is 0 Å². The van der Waals surface area contributed by atoms with Crippen LogP contribution in [0.4, 0.5) is 5.69 Å². The number of likely N-dealkylation sites (N-methyl/N-ethyl adjacent to an activating group) is 1. The van der Waals surface area contributed by atoms with E-state index in [1.54, 1.807) is 22.7 Å². The van der Waals surface area contributed by atoms with Crippen LogP contribution in [0.3, 0.4) is 0 Å². The van der Waals surface area contributed by atoms with Crippen molar-refractivity contribution in [2.45, 2.75) is 25.4 Å². The first-order valence-corrected chi connectivity index (χ1v) is 9.35. The van der Waals surface area contributed by atoms with Crippen LogP contribution in [0.2, 0.25) is 0 Å². The topological polar surface area (TPSA) is 67.4 Å². The first-order chi connectivity index (χ1) is 11.0. The highest BCUT2D eigenvalue weighted by Crippen LogP contribution is 2.30. The summed E-state index contributed by atoms with van der Waals surface area (Å²) in [6, 6.07) is 11.1. The molecule has 0 bridgehead atoms. The highest BCUT2D eigenvalue weighted by molar-refractivity contribution is 7.87. The molecule has 1 aliphatic heterocycles. The first kappa shape index (κ1) is 16.5. The molecule has 5 nitrogen and oxygen atoms in total. The number of anilines is 1. The van der Waals surface area contributed by atoms with Crippen molar-refractivity contribution in [3.63, 3.8) is 0 Å². The SMILES string of the molecule is Cc1cccc(NC(=O)C2CC(c3cccs3)N[S+]([O-])N2C)c1. The maximum Gasteiger partial charge on any atom is 0.246 e. The fourth-order valence-corrected chi connectivity index (χ4v) is 4.54. The van der Waals surface area contributed by atoms with Gasteiger partial charge in [-0.1, -0.05) is 22.5 Å². The van der Waals surface area contributed by atoms with Gasteiger partial charge >= 0.3 is 0 Å². The number of benzene rings is 1. The predicted octanol–water partition coefficient (Wildman–Crippen LogP) is 2.61. The number of carbonyl (C=O) groups excluding carboxylic acids is 1. The van der Waals surface area contributed by atoms with Gasteiger partial charge in [-0.15, -0.1) is 16.1 Å². The normalized spacial score (nSPS) is 25.3. The summed E-state index contributed by atoms with van der Waals surface area (Å²) in [7, 11) is 1.70. The lowest BCUT2D eigenvalue weighted by molar-refractivity contribution is -0.120. The zero-order chi connectivity index (χ0) is 16.4. The van der Waals surface area contributed by atoms with Gasteiger partial charge in [0.15, 0.2) is 0 Å². The van der Waals surface area contributed by atoms with E-state index in [-0.39, 0.29) is 11.9 Å². The molecule has 3 rings (SSSR count). The summed E-state index contributed by atoms with van der Waals surface area (Å²) in [6.45, 7) is 1.98. The van der Waals surface area contributed by atoms with Crippen LogP contribution in [0.5, 0.6) is 0 Å². The number of hydrogen-bond acceptors (Lipinski definition) is 5. The summed E-state index contributed by atoms with van der Waals surface area (Å²) in [5.74, 6) is -0.130. The Hall–Kier alpha value is -1.38. The van der Waals surface area contributed by atoms with Crippen molar-refractivity contribution in [2.75, 3.05) is 12.4 Å². The molecule has 1 aromatic carbocycles. The Bertz CT molecular complexity index is 678. The minimum absolute atomic E-state index is 0.0692. The molecule has 0 radical (unpaired) electrons. The Morgan fingerprint density at radius 2 is 2.26 bits per heavy atom. The molecule has 23 heavy (non-hydrogen) atoms. The molecule has 122 valence electrons. The van der Waals surface area contributed by atoms with Crippen molar-refractivity contribution in [3.05, 3.63) is 52.2 Å². The molecular weight excluding hydrogens is 330 g/mol. The molecular formula is C16H19N3O2S2. The molecule has 1 aliphatic rings. The van der Waals surface area contributed by atoms with E-state index in [1.807, 2.05) is 48.7 Å². The lowest BCUT2D eigenvalue weighted by Gasteiger charge is -2.35. The second-order valence-electron chi connectivity index (χ2n) is 5.59. The van der Waals surface area contributed by atoms with Crippen LogP contribution in [-0.4, -0.2) is 27.9 Å². The highest BCUT2D eigenvalue weighted by atomic mass is 32.2. The molecule has 7 heteroatoms. The first-order valence-electron chi connectivity index (χ1n) is 7.36. The van der Waals surface area contributed by atoms with Crippen LogP contribution < -0.4 is 10.0 Å². The van der Waals surface area contributed by atoms with Crippen LogP contribution in [0.1, 0.15) is 22.9 Å². The second-order valence-corrected chi connectivity index (χ2v) is 7.88. The molecule has 0 spiro atoms. The van der Waals surface area contributed by atoms with E-state index in [0.717, 1.165) is 16.1 Å². The molecule has 1 amide bonds. The number of amides is 1. The van der Waals surface area contributed by atoms with Crippen LogP contribution >= 0.6 is 11.3 Å². The highest BCUT2D eigenvalue weighted by Gasteiger charge is 2.41. The number of nitrogens with one attached hydrogen (secondary N) is 2. The third-order valence-corrected chi connectivity index (χ3v) is 6.13. The number of nitrogens with zero attached hydrogens (tertiary/aromatic N) is 1. The fourth-order valence-electron chi connectivity index (χ4n) is 2.62. The van der Waals surface area contributed by atoms with E-state index in [2.05, 4.69) is 10.0 Å². The lowest BCUT2D eigenvalue weighted by atomic mass is 10.1. The Morgan fingerprint density at radius 3 is 2.96 bits per heavy atom. The van der Waals surface area contributed by atoms with E-state index >= 15 is 0 Å². The van der Waals surface area contributed by atoms with Crippen molar-refractivity contribution in [2.24, 2.45) is 0 Å². The Kier molecular flexibility index (Phi) is 5.03. The van der Waals surface area contributed by atoms with E-state index in [4.69, 9.17) is 0 Å². The van der Waals surface area contributed by atoms with Crippen molar-refractivity contribution in [1.29, 1.82) is 0 Å². The van der Waals surface area contributed by atoms with Crippen molar-refractivity contribution >= 4 is 34.5 Å². The smallest absolute Gasteiger partial charge is 0.246 e. The molecule has 1 saturated heterocycles. The number of rotatable bonds is 3. The average Bonchev–Trinajstić information content (AvgIpc) is 3.04. The molecule has 2 N–H and O–H groups in total. The van der Waals surface area contributed by atoms with Gasteiger partial charge in [-0.25, -0.2) is 0 Å². The van der Waals surface area contributed by atoms with Crippen LogP contribution in [0, 0.1) is 6.92 Å². The second kappa shape index (κ2) is 7.02. The number of hydrogen-bond donors (Lipinski definition) is 2. The third kappa shape index (κ3) is 3.76. The molecule has 0 saturated carbocycles. The maximum absolute atomic E-state index is 12.6. The minimum atomic E-state index is -1.38. The van der Waals surface area contributed by atoms with E-state index in [9.17, 15) is 9.35 Å². The van der Waals surface area contributed by atoms with Gasteiger partial charge in [0, 0.05) is 24.0 Å². The van der Waals surface area contributed by atoms with Gasteiger partial charge in [0.25, 0.3) is 0 Å². The maximum atomic E-state index is 12.6. The zero-order valence-electron chi connectivity index (χ0n) is 13.0. The monoisotopic (exact) mass is 349 g/mol. The molecule has 3 unspecified atom stereocenters. The van der Waals surface area contributed by atoms with Gasteiger partial charge in [0.2, 0.25) is 5.91 Å². The largest absolute Gasteiger partial charge is 0.579 e. The standard InChI is InChI=1S/C16H19N3O2S2/c1-11-5-3-6-12(9-11)17-16(20)14-10-13(15-7-4-8-22-15)18-23(21)19(14)2/h3-9,13-14,18H,10H2,1-2H3,(H,17,20). The van der Waals surface area contributed by atoms with Gasteiger partial charge in [-0.05, 0) is 36.1 Å². The molecule has 1 fully saturated rings. The molecule has 2 aromatic rings. The summed E-state index contributed by atoms with van der Waals surface area (Å²) in [5, 5.41) is 4.92. The van der Waals surface area contributed by atoms with Crippen molar-refractivity contribution < 1.29 is 9.35 Å². The molecule has 2 heterocycles. The molecule has 1 aromatic heterocycles. The fraction of sp³-hybridized carbons (Fsp3) is 0.312. The summed E-state index contributed by atoms with van der Waals surface area (Å²) in [6.07, 6.45) is 0.584. The summed E-state index contributed by atoms with van der Waals surface area (Å²) in [4.78, 5) is 13.7. The van der Waals surface area contributed by atoms with Crippen molar-refractivity contribution in [1.82, 2.24) is 9.03 Å². The minimum Gasteiger partial charge on any atom is -0.579 e. The Balaban J connectivity index is 1.75. The van der Waals surface area contributed by atoms with Crippen LogP contribution in [0.15, 0.2) is 41.8 Å². The molecule has 3 atom stereocenters. The van der Waals surface area contributed by atoms with Gasteiger partial charge in [0.05, 0.1) is 6.04 Å². The Morgan fingerprint density at radius 1 is 1.43 bits per heavy atom. The number of thiophene rings is 1. The summed E-state index contributed by atoms with van der Waals surface area (Å²) in [5.41, 5.74) is 1.85. The number of carbonyl (C=O) groups is 1. The van der Waals surface area contributed by atoms with Gasteiger partial charge in [-0.2, -0.15) is 0 Å². The van der Waals surface area contributed by atoms with Crippen molar-refractivity contribution in [3.8, 4) is 0 Å². The van der Waals surface area contributed by atoms with Crippen LogP contribution in [0.25, 0.3) is 0 Å². The van der Waals surface area contributed by atoms with Crippen LogP contribution in [-0.2, 0) is 16.3 Å². The third-order valence-electron chi connectivity index (χ3n) is 3.88. The predicted molar refractivity (Wildman–Crippen MR) is 94.3 cm³/mol. The van der Waals surface area contributed by atoms with Gasteiger partial charge in [0.1, 0.15) is 17.6 Å². The zero-order valence-corrected chi connectivity index (χ0v) is 14.6. The van der Waals surface area contributed by atoms with E-state index < -0.39 is 17.6 Å². The average molecular weight is 349 g/mol. The lowest BCUT2D eigenvalue weighted by Crippen LogP contribution is -2.55. The number of aryl methyl sites for hydroxylation is 1. The van der Waals surface area contributed by atoms with Gasteiger partial charge < -0.3 is 9.87 Å². The Labute approximate surface area is 143 Å². The summed E-state index contributed by atoms with van der Waals surface area (Å²) < 4.78 is 16.9. The molecule has 0 aliphatic carbocycles.